The van der Waals surface area contributed by atoms with E-state index in [1.165, 1.54) is 0 Å². The Morgan fingerprint density at radius 3 is 2.77 bits per heavy atom. The molecule has 0 aliphatic rings. The molecule has 0 atom stereocenters. The van der Waals surface area contributed by atoms with Crippen LogP contribution in [-0.2, 0) is 0 Å². The predicted octanol–water partition coefficient (Wildman–Crippen LogP) is 3.12. The van der Waals surface area contributed by atoms with Gasteiger partial charge < -0.3 is 10.4 Å². The largest absolute Gasteiger partial charge is 0.396 e. The van der Waals surface area contributed by atoms with Crippen LogP contribution in [0.25, 0.3) is 22.0 Å². The number of anilines is 1. The number of nitrogens with one attached hydrogen (secondary N) is 2. The molecule has 22 heavy (non-hydrogen) atoms. The molecule has 5 nitrogen and oxygen atoms in total. The van der Waals surface area contributed by atoms with Crippen molar-refractivity contribution >= 4 is 16.7 Å². The van der Waals surface area contributed by atoms with Crippen molar-refractivity contribution in [2.75, 3.05) is 18.5 Å². The van der Waals surface area contributed by atoms with Gasteiger partial charge in [0.1, 0.15) is 5.82 Å². The standard InChI is InChI=1S/C17H20N4O/c1-12-15-10-13(4-6-16(15)21-20-12)14-5-7-17(19-11-14)18-8-2-3-9-22/h4-7,10-11,22H,2-3,8-9H2,1H3,(H,18,19)(H,20,21). The summed E-state index contributed by atoms with van der Waals surface area (Å²) in [5.41, 5.74) is 4.28. The van der Waals surface area contributed by atoms with Gasteiger partial charge in [-0.05, 0) is 49.6 Å². The summed E-state index contributed by atoms with van der Waals surface area (Å²) in [6.45, 7) is 3.09. The summed E-state index contributed by atoms with van der Waals surface area (Å²) in [6, 6.07) is 10.3. The number of benzene rings is 1. The van der Waals surface area contributed by atoms with E-state index in [9.17, 15) is 0 Å². The number of pyridine rings is 1. The third-order valence-electron chi connectivity index (χ3n) is 3.73. The number of nitrogens with zero attached hydrogens (tertiary/aromatic N) is 2. The lowest BCUT2D eigenvalue weighted by atomic mass is 10.0. The number of H-pyrrole nitrogens is 1. The zero-order valence-corrected chi connectivity index (χ0v) is 12.6. The van der Waals surface area contributed by atoms with Gasteiger partial charge >= 0.3 is 0 Å². The second-order valence-corrected chi connectivity index (χ2v) is 5.37. The third-order valence-corrected chi connectivity index (χ3v) is 3.73. The van der Waals surface area contributed by atoms with Gasteiger partial charge in [-0.15, -0.1) is 0 Å². The van der Waals surface area contributed by atoms with Gasteiger partial charge in [0, 0.05) is 36.0 Å². The van der Waals surface area contributed by atoms with E-state index in [4.69, 9.17) is 5.11 Å². The van der Waals surface area contributed by atoms with Crippen LogP contribution in [0, 0.1) is 6.92 Å². The number of unbranched alkanes of at least 4 members (excludes halogenated alkanes) is 1. The van der Waals surface area contributed by atoms with Gasteiger partial charge in [0.2, 0.25) is 0 Å². The molecule has 5 heteroatoms. The topological polar surface area (TPSA) is 73.8 Å². The predicted molar refractivity (Wildman–Crippen MR) is 88.9 cm³/mol. The molecule has 0 amide bonds. The molecule has 0 spiro atoms. The highest BCUT2D eigenvalue weighted by Crippen LogP contribution is 2.25. The Morgan fingerprint density at radius 1 is 1.14 bits per heavy atom. The van der Waals surface area contributed by atoms with Gasteiger partial charge in [-0.1, -0.05) is 6.07 Å². The van der Waals surface area contributed by atoms with Crippen molar-refractivity contribution in [2.24, 2.45) is 0 Å². The normalized spacial score (nSPS) is 11.0. The molecular weight excluding hydrogens is 276 g/mol. The molecule has 3 N–H and O–H groups in total. The fourth-order valence-electron chi connectivity index (χ4n) is 2.44. The Bertz CT molecular complexity index is 749. The van der Waals surface area contributed by atoms with Crippen LogP contribution in [0.4, 0.5) is 5.82 Å². The fraction of sp³-hybridized carbons (Fsp3) is 0.294. The molecule has 0 aliphatic heterocycles. The minimum atomic E-state index is 0.240. The van der Waals surface area contributed by atoms with Gasteiger partial charge in [0.05, 0.1) is 5.52 Å². The Labute approximate surface area is 129 Å². The Hall–Kier alpha value is -2.40. The van der Waals surface area contributed by atoms with Crippen LogP contribution >= 0.6 is 0 Å². The second kappa shape index (κ2) is 6.58. The van der Waals surface area contributed by atoms with E-state index in [2.05, 4.69) is 38.7 Å². The summed E-state index contributed by atoms with van der Waals surface area (Å²) in [6.07, 6.45) is 3.64. The maximum absolute atomic E-state index is 8.75. The van der Waals surface area contributed by atoms with Crippen molar-refractivity contribution in [3.8, 4) is 11.1 Å². The quantitative estimate of drug-likeness (QED) is 0.611. The molecule has 1 aromatic carbocycles. The summed E-state index contributed by atoms with van der Waals surface area (Å²) in [5.74, 6) is 0.863. The average Bonchev–Trinajstić information content (AvgIpc) is 2.93. The van der Waals surface area contributed by atoms with Gasteiger partial charge in [-0.25, -0.2) is 4.98 Å². The first kappa shape index (κ1) is 14.5. The summed E-state index contributed by atoms with van der Waals surface area (Å²) in [7, 11) is 0. The van der Waals surface area contributed by atoms with E-state index >= 15 is 0 Å². The van der Waals surface area contributed by atoms with Gasteiger partial charge in [-0.2, -0.15) is 5.10 Å². The minimum Gasteiger partial charge on any atom is -0.396 e. The number of hydrogen-bond acceptors (Lipinski definition) is 4. The number of aromatic nitrogens is 3. The molecule has 0 radical (unpaired) electrons. The number of aromatic amines is 1. The number of hydrogen-bond donors (Lipinski definition) is 3. The van der Waals surface area contributed by atoms with Crippen molar-refractivity contribution in [3.05, 3.63) is 42.2 Å². The zero-order valence-electron chi connectivity index (χ0n) is 12.6. The lowest BCUT2D eigenvalue weighted by Crippen LogP contribution is -2.03. The van der Waals surface area contributed by atoms with Crippen LogP contribution in [0.3, 0.4) is 0 Å². The Morgan fingerprint density at radius 2 is 2.00 bits per heavy atom. The SMILES string of the molecule is Cc1[nH]nc2ccc(-c3ccc(NCCCCO)nc3)cc12. The highest BCUT2D eigenvalue weighted by atomic mass is 16.2. The third kappa shape index (κ3) is 3.09. The number of aliphatic hydroxyl groups is 1. The highest BCUT2D eigenvalue weighted by molar-refractivity contribution is 5.86. The van der Waals surface area contributed by atoms with Crippen LogP contribution in [-0.4, -0.2) is 33.4 Å². The Kier molecular flexibility index (Phi) is 4.34. The fourth-order valence-corrected chi connectivity index (χ4v) is 2.44. The number of aryl methyl sites for hydroxylation is 1. The highest BCUT2D eigenvalue weighted by Gasteiger charge is 2.05. The minimum absolute atomic E-state index is 0.240. The Balaban J connectivity index is 1.74. The van der Waals surface area contributed by atoms with Gasteiger partial charge in [0.15, 0.2) is 0 Å². The summed E-state index contributed by atoms with van der Waals surface area (Å²) in [4.78, 5) is 4.45. The first-order valence-corrected chi connectivity index (χ1v) is 7.54. The van der Waals surface area contributed by atoms with Crippen LogP contribution < -0.4 is 5.32 Å². The van der Waals surface area contributed by atoms with Crippen molar-refractivity contribution in [3.63, 3.8) is 0 Å². The molecule has 0 aliphatic carbocycles. The van der Waals surface area contributed by atoms with E-state index < -0.39 is 0 Å². The lowest BCUT2D eigenvalue weighted by molar-refractivity contribution is 0.286. The molecule has 3 aromatic rings. The van der Waals surface area contributed by atoms with Crippen molar-refractivity contribution in [2.45, 2.75) is 19.8 Å². The van der Waals surface area contributed by atoms with E-state index in [0.717, 1.165) is 52.9 Å². The molecule has 0 unspecified atom stereocenters. The molecule has 2 heterocycles. The molecular formula is C17H20N4O. The van der Waals surface area contributed by atoms with Crippen molar-refractivity contribution in [1.82, 2.24) is 15.2 Å². The zero-order chi connectivity index (χ0) is 15.4. The number of aliphatic hydroxyl groups excluding tert-OH is 1. The van der Waals surface area contributed by atoms with Gasteiger partial charge in [-0.3, -0.25) is 5.10 Å². The smallest absolute Gasteiger partial charge is 0.125 e. The summed E-state index contributed by atoms with van der Waals surface area (Å²) >= 11 is 0. The summed E-state index contributed by atoms with van der Waals surface area (Å²) in [5, 5.41) is 20.4. The molecule has 0 saturated carbocycles. The molecule has 3 rings (SSSR count). The number of fused-ring (bicyclic) bond motifs is 1. The maximum Gasteiger partial charge on any atom is 0.125 e. The molecule has 114 valence electrons. The van der Waals surface area contributed by atoms with Crippen molar-refractivity contribution < 1.29 is 5.11 Å². The molecule has 0 fully saturated rings. The monoisotopic (exact) mass is 296 g/mol. The van der Waals surface area contributed by atoms with Gasteiger partial charge in [0.25, 0.3) is 0 Å². The van der Waals surface area contributed by atoms with Crippen molar-refractivity contribution in [1.29, 1.82) is 0 Å². The molecule has 0 saturated heterocycles. The summed E-state index contributed by atoms with van der Waals surface area (Å²) < 4.78 is 0. The molecule has 0 bridgehead atoms. The van der Waals surface area contributed by atoms with Crippen LogP contribution in [0.1, 0.15) is 18.5 Å². The first-order chi connectivity index (χ1) is 10.8. The van der Waals surface area contributed by atoms with E-state index in [1.807, 2.05) is 25.3 Å². The average molecular weight is 296 g/mol. The number of rotatable bonds is 6. The van der Waals surface area contributed by atoms with E-state index in [-0.39, 0.29) is 6.61 Å². The van der Waals surface area contributed by atoms with Crippen LogP contribution in [0.2, 0.25) is 0 Å². The first-order valence-electron chi connectivity index (χ1n) is 7.54. The van der Waals surface area contributed by atoms with E-state index in [0.29, 0.717) is 0 Å². The van der Waals surface area contributed by atoms with Crippen LogP contribution in [0.15, 0.2) is 36.5 Å². The maximum atomic E-state index is 8.75. The second-order valence-electron chi connectivity index (χ2n) is 5.37. The lowest BCUT2D eigenvalue weighted by Gasteiger charge is -2.06. The van der Waals surface area contributed by atoms with Crippen LogP contribution in [0.5, 0.6) is 0 Å². The van der Waals surface area contributed by atoms with E-state index in [1.54, 1.807) is 0 Å². The molecule has 2 aromatic heterocycles.